The first-order valence-electron chi connectivity index (χ1n) is 5.16. The highest BCUT2D eigenvalue weighted by Crippen LogP contribution is 2.28. The molecule has 0 aromatic heterocycles. The Kier molecular flexibility index (Phi) is 4.72. The van der Waals surface area contributed by atoms with Gasteiger partial charge in [0.15, 0.2) is 0 Å². The fourth-order valence-corrected chi connectivity index (χ4v) is 1.50. The van der Waals surface area contributed by atoms with Crippen LogP contribution in [0.25, 0.3) is 0 Å². The minimum atomic E-state index is -3.11. The SMILES string of the molecule is CCOC(=O)Cc1ccc(F)c(C(F)F)c1C#N. The van der Waals surface area contributed by atoms with Crippen molar-refractivity contribution in [1.29, 1.82) is 5.26 Å². The highest BCUT2D eigenvalue weighted by atomic mass is 19.3. The van der Waals surface area contributed by atoms with E-state index in [1.807, 2.05) is 0 Å². The molecule has 1 aromatic rings. The van der Waals surface area contributed by atoms with E-state index in [1.165, 1.54) is 6.07 Å². The Bertz CT molecular complexity index is 495. The Morgan fingerprint density at radius 1 is 1.50 bits per heavy atom. The van der Waals surface area contributed by atoms with Crippen LogP contribution in [0.3, 0.4) is 0 Å². The van der Waals surface area contributed by atoms with Crippen LogP contribution in [0, 0.1) is 17.1 Å². The maximum atomic E-state index is 13.2. The van der Waals surface area contributed by atoms with Crippen LogP contribution in [0.5, 0.6) is 0 Å². The second-order valence-corrected chi connectivity index (χ2v) is 3.39. The van der Waals surface area contributed by atoms with E-state index >= 15 is 0 Å². The number of rotatable bonds is 4. The van der Waals surface area contributed by atoms with Crippen LogP contribution in [0.4, 0.5) is 13.2 Å². The van der Waals surface area contributed by atoms with Crippen LogP contribution in [0.1, 0.15) is 30.0 Å². The van der Waals surface area contributed by atoms with E-state index in [9.17, 15) is 18.0 Å². The maximum Gasteiger partial charge on any atom is 0.310 e. The lowest BCUT2D eigenvalue weighted by molar-refractivity contribution is -0.142. The summed E-state index contributed by atoms with van der Waals surface area (Å²) < 4.78 is 43.1. The zero-order valence-electron chi connectivity index (χ0n) is 9.54. The molecule has 0 saturated carbocycles. The highest BCUT2D eigenvalue weighted by Gasteiger charge is 2.22. The van der Waals surface area contributed by atoms with Crippen molar-refractivity contribution in [3.8, 4) is 6.07 Å². The van der Waals surface area contributed by atoms with Crippen molar-refractivity contribution in [3.05, 3.63) is 34.6 Å². The molecule has 18 heavy (non-hydrogen) atoms. The van der Waals surface area contributed by atoms with Crippen LogP contribution in [-0.4, -0.2) is 12.6 Å². The molecule has 0 atom stereocenters. The van der Waals surface area contributed by atoms with E-state index < -0.39 is 29.3 Å². The molecular formula is C12H10F3NO2. The first kappa shape index (κ1) is 14.0. The van der Waals surface area contributed by atoms with Gasteiger partial charge in [-0.05, 0) is 18.6 Å². The van der Waals surface area contributed by atoms with Crippen molar-refractivity contribution in [2.45, 2.75) is 19.8 Å². The first-order chi connectivity index (χ1) is 8.51. The number of ether oxygens (including phenoxy) is 1. The number of hydrogen-bond acceptors (Lipinski definition) is 3. The summed E-state index contributed by atoms with van der Waals surface area (Å²) in [5, 5.41) is 8.81. The van der Waals surface area contributed by atoms with Gasteiger partial charge in [-0.2, -0.15) is 5.26 Å². The Labute approximate surface area is 102 Å². The predicted molar refractivity (Wildman–Crippen MR) is 56.4 cm³/mol. The molecule has 1 aromatic carbocycles. The molecule has 3 nitrogen and oxygen atoms in total. The molecule has 96 valence electrons. The van der Waals surface area contributed by atoms with E-state index in [-0.39, 0.29) is 18.6 Å². The summed E-state index contributed by atoms with van der Waals surface area (Å²) >= 11 is 0. The smallest absolute Gasteiger partial charge is 0.310 e. The van der Waals surface area contributed by atoms with Gasteiger partial charge in [-0.15, -0.1) is 0 Å². The summed E-state index contributed by atoms with van der Waals surface area (Å²) in [6.07, 6.45) is -3.45. The molecule has 1 rings (SSSR count). The van der Waals surface area contributed by atoms with Gasteiger partial charge in [0.2, 0.25) is 0 Å². The van der Waals surface area contributed by atoms with Gasteiger partial charge in [0.25, 0.3) is 6.43 Å². The number of nitrogens with zero attached hydrogens (tertiary/aromatic N) is 1. The fourth-order valence-electron chi connectivity index (χ4n) is 1.50. The molecule has 0 fully saturated rings. The molecule has 0 aliphatic heterocycles. The summed E-state index contributed by atoms with van der Waals surface area (Å²) in [5.41, 5.74) is -1.44. The number of carbonyl (C=O) groups is 1. The number of halogens is 3. The van der Waals surface area contributed by atoms with Crippen molar-refractivity contribution >= 4 is 5.97 Å². The lowest BCUT2D eigenvalue weighted by atomic mass is 9.99. The number of esters is 1. The molecule has 6 heteroatoms. The van der Waals surface area contributed by atoms with Gasteiger partial charge in [-0.1, -0.05) is 6.07 Å². The van der Waals surface area contributed by atoms with Crippen LogP contribution >= 0.6 is 0 Å². The largest absolute Gasteiger partial charge is 0.466 e. The summed E-state index contributed by atoms with van der Waals surface area (Å²) in [7, 11) is 0. The topological polar surface area (TPSA) is 50.1 Å². The minimum absolute atomic E-state index is 0.0349. The predicted octanol–water partition coefficient (Wildman–Crippen LogP) is 2.74. The molecule has 0 unspecified atom stereocenters. The second kappa shape index (κ2) is 6.05. The Balaban J connectivity index is 3.18. The van der Waals surface area contributed by atoms with Crippen molar-refractivity contribution in [2.75, 3.05) is 6.61 Å². The van der Waals surface area contributed by atoms with Crippen LogP contribution in [0.15, 0.2) is 12.1 Å². The van der Waals surface area contributed by atoms with E-state index in [0.717, 1.165) is 12.1 Å². The average Bonchev–Trinajstić information content (AvgIpc) is 2.30. The van der Waals surface area contributed by atoms with Gasteiger partial charge in [-0.25, -0.2) is 13.2 Å². The third-order valence-electron chi connectivity index (χ3n) is 2.25. The third-order valence-corrected chi connectivity index (χ3v) is 2.25. The number of nitriles is 1. The fraction of sp³-hybridized carbons (Fsp3) is 0.333. The van der Waals surface area contributed by atoms with E-state index in [1.54, 1.807) is 6.92 Å². The summed E-state index contributed by atoms with van der Waals surface area (Å²) in [6.45, 7) is 1.74. The maximum absolute atomic E-state index is 13.2. The lowest BCUT2D eigenvalue weighted by Crippen LogP contribution is -2.10. The summed E-state index contributed by atoms with van der Waals surface area (Å²) in [4.78, 5) is 11.2. The van der Waals surface area contributed by atoms with Crippen LogP contribution in [0.2, 0.25) is 0 Å². The normalized spacial score (nSPS) is 10.2. The minimum Gasteiger partial charge on any atom is -0.466 e. The van der Waals surface area contributed by atoms with Gasteiger partial charge >= 0.3 is 5.97 Å². The first-order valence-corrected chi connectivity index (χ1v) is 5.16. The van der Waals surface area contributed by atoms with Crippen molar-refractivity contribution in [1.82, 2.24) is 0 Å². The molecule has 0 aliphatic carbocycles. The lowest BCUT2D eigenvalue weighted by Gasteiger charge is -2.09. The number of carbonyl (C=O) groups excluding carboxylic acids is 1. The molecule has 0 aliphatic rings. The van der Waals surface area contributed by atoms with Crippen molar-refractivity contribution in [2.24, 2.45) is 0 Å². The van der Waals surface area contributed by atoms with Crippen LogP contribution in [-0.2, 0) is 16.0 Å². The monoisotopic (exact) mass is 257 g/mol. The summed E-state index contributed by atoms with van der Waals surface area (Å²) in [5.74, 6) is -1.81. The molecule has 0 N–H and O–H groups in total. The quantitative estimate of drug-likeness (QED) is 0.779. The Morgan fingerprint density at radius 3 is 2.67 bits per heavy atom. The van der Waals surface area contributed by atoms with Gasteiger partial charge in [0.1, 0.15) is 11.9 Å². The van der Waals surface area contributed by atoms with Gasteiger partial charge in [0, 0.05) is 0 Å². The van der Waals surface area contributed by atoms with Gasteiger partial charge in [0.05, 0.1) is 24.2 Å². The van der Waals surface area contributed by atoms with Gasteiger partial charge in [-0.3, -0.25) is 4.79 Å². The van der Waals surface area contributed by atoms with Crippen molar-refractivity contribution in [3.63, 3.8) is 0 Å². The number of benzene rings is 1. The number of alkyl halides is 2. The average molecular weight is 257 g/mol. The molecule has 0 saturated heterocycles. The van der Waals surface area contributed by atoms with Crippen molar-refractivity contribution < 1.29 is 22.7 Å². The third kappa shape index (κ3) is 3.00. The standard InChI is InChI=1S/C12H10F3NO2/c1-2-18-10(17)5-7-3-4-9(13)11(12(14)15)8(7)6-16/h3-4,12H,2,5H2,1H3. The second-order valence-electron chi connectivity index (χ2n) is 3.39. The van der Waals surface area contributed by atoms with E-state index in [4.69, 9.17) is 5.26 Å². The highest BCUT2D eigenvalue weighted by molar-refractivity contribution is 5.74. The van der Waals surface area contributed by atoms with E-state index in [2.05, 4.69) is 4.74 Å². The Hall–Kier alpha value is -2.03. The summed E-state index contributed by atoms with van der Waals surface area (Å²) in [6, 6.07) is 3.46. The zero-order chi connectivity index (χ0) is 13.7. The molecular weight excluding hydrogens is 247 g/mol. The molecule has 0 radical (unpaired) electrons. The molecule has 0 bridgehead atoms. The van der Waals surface area contributed by atoms with Gasteiger partial charge < -0.3 is 4.74 Å². The Morgan fingerprint density at radius 2 is 2.17 bits per heavy atom. The zero-order valence-corrected chi connectivity index (χ0v) is 9.54. The molecule has 0 spiro atoms. The number of hydrogen-bond donors (Lipinski definition) is 0. The molecule has 0 heterocycles. The molecule has 0 amide bonds. The van der Waals surface area contributed by atoms with Crippen LogP contribution < -0.4 is 0 Å². The van der Waals surface area contributed by atoms with E-state index in [0.29, 0.717) is 0 Å².